The molecule has 0 spiro atoms. The molecule has 3 aromatic rings. The fourth-order valence-corrected chi connectivity index (χ4v) is 3.15. The van der Waals surface area contributed by atoms with Gasteiger partial charge in [-0.25, -0.2) is 14.8 Å². The number of nitrogens with zero attached hydrogens (tertiary/aromatic N) is 2. The van der Waals surface area contributed by atoms with Gasteiger partial charge in [-0.3, -0.25) is 4.79 Å². The van der Waals surface area contributed by atoms with Crippen LogP contribution in [0.3, 0.4) is 0 Å². The first-order valence-electron chi connectivity index (χ1n) is 9.75. The molecular weight excluding hydrogens is 366 g/mol. The first kappa shape index (κ1) is 20.5. The molecule has 3 rings (SSSR count). The molecular formula is C23H25N3O3. The van der Waals surface area contributed by atoms with Gasteiger partial charge < -0.3 is 10.1 Å². The molecule has 1 amide bonds. The molecule has 6 heteroatoms. The van der Waals surface area contributed by atoms with Crippen LogP contribution in [0.1, 0.15) is 46.7 Å². The van der Waals surface area contributed by atoms with E-state index in [4.69, 9.17) is 4.74 Å². The van der Waals surface area contributed by atoms with E-state index < -0.39 is 5.97 Å². The molecule has 2 aromatic carbocycles. The molecule has 0 saturated heterocycles. The van der Waals surface area contributed by atoms with Gasteiger partial charge in [-0.1, -0.05) is 32.0 Å². The highest BCUT2D eigenvalue weighted by molar-refractivity contribution is 5.97. The van der Waals surface area contributed by atoms with E-state index in [2.05, 4.69) is 15.3 Å². The van der Waals surface area contributed by atoms with Crippen molar-refractivity contribution < 1.29 is 14.3 Å². The quantitative estimate of drug-likeness (QED) is 0.638. The lowest BCUT2D eigenvalue weighted by molar-refractivity contribution is -0.119. The summed E-state index contributed by atoms with van der Waals surface area (Å²) in [6.45, 7) is 7.49. The maximum Gasteiger partial charge on any atom is 0.338 e. The molecule has 6 nitrogen and oxygen atoms in total. The van der Waals surface area contributed by atoms with Gasteiger partial charge in [0.05, 0.1) is 28.0 Å². The predicted octanol–water partition coefficient (Wildman–Crippen LogP) is 4.17. The van der Waals surface area contributed by atoms with Crippen molar-refractivity contribution >= 4 is 28.6 Å². The van der Waals surface area contributed by atoms with E-state index in [0.717, 1.165) is 41.0 Å². The number of carbonyl (C=O) groups is 2. The average molecular weight is 391 g/mol. The largest absolute Gasteiger partial charge is 0.452 e. The topological polar surface area (TPSA) is 81.2 Å². The molecule has 0 fully saturated rings. The van der Waals surface area contributed by atoms with Gasteiger partial charge in [0, 0.05) is 5.69 Å². The highest BCUT2D eigenvalue weighted by atomic mass is 16.5. The normalized spacial score (nSPS) is 10.8. The van der Waals surface area contributed by atoms with E-state index in [1.807, 2.05) is 45.9 Å². The molecule has 1 heterocycles. The Hall–Kier alpha value is -3.28. The molecule has 1 N–H and O–H groups in total. The fraction of sp³-hybridized carbons (Fsp3) is 0.304. The van der Waals surface area contributed by atoms with Gasteiger partial charge in [0.2, 0.25) is 0 Å². The number of anilines is 1. The number of aryl methyl sites for hydroxylation is 4. The average Bonchev–Trinajstić information content (AvgIpc) is 2.72. The molecule has 0 aliphatic carbocycles. The fourth-order valence-electron chi connectivity index (χ4n) is 3.15. The number of aromatic nitrogens is 2. The van der Waals surface area contributed by atoms with Crippen molar-refractivity contribution in [1.82, 2.24) is 9.97 Å². The lowest BCUT2D eigenvalue weighted by Gasteiger charge is -2.14. The summed E-state index contributed by atoms with van der Waals surface area (Å²) in [6, 6.07) is 11.0. The Balaban J connectivity index is 1.69. The molecule has 0 saturated carbocycles. The number of amides is 1. The lowest BCUT2D eigenvalue weighted by atomic mass is 10.0. The molecule has 1 aromatic heterocycles. The Bertz CT molecular complexity index is 1050. The summed E-state index contributed by atoms with van der Waals surface area (Å²) in [4.78, 5) is 33.7. The van der Waals surface area contributed by atoms with E-state index in [9.17, 15) is 9.59 Å². The van der Waals surface area contributed by atoms with E-state index >= 15 is 0 Å². The van der Waals surface area contributed by atoms with E-state index in [0.29, 0.717) is 16.6 Å². The Morgan fingerprint density at radius 3 is 2.17 bits per heavy atom. The standard InChI is InChI=1S/C23H25N3O3/c1-5-16-8-7-9-17(6-2)22(16)26-21(27)13-29-23(28)18-10-11-19-20(12-18)25-15(4)14(3)24-19/h7-12H,5-6,13H2,1-4H3,(H,26,27). The van der Waals surface area contributed by atoms with Crippen LogP contribution < -0.4 is 5.32 Å². The second kappa shape index (κ2) is 8.82. The second-order valence-corrected chi connectivity index (χ2v) is 6.88. The van der Waals surface area contributed by atoms with Crippen molar-refractivity contribution in [3.63, 3.8) is 0 Å². The van der Waals surface area contributed by atoms with Gasteiger partial charge >= 0.3 is 5.97 Å². The zero-order valence-corrected chi connectivity index (χ0v) is 17.2. The van der Waals surface area contributed by atoms with E-state index in [1.165, 1.54) is 0 Å². The van der Waals surface area contributed by atoms with Gasteiger partial charge in [-0.05, 0) is 56.0 Å². The maximum absolute atomic E-state index is 12.4. The number of carbonyl (C=O) groups excluding carboxylic acids is 2. The zero-order valence-electron chi connectivity index (χ0n) is 17.2. The third kappa shape index (κ3) is 4.59. The van der Waals surface area contributed by atoms with Crippen molar-refractivity contribution in [3.05, 3.63) is 64.5 Å². The van der Waals surface area contributed by atoms with Crippen LogP contribution in [0.15, 0.2) is 36.4 Å². The monoisotopic (exact) mass is 391 g/mol. The van der Waals surface area contributed by atoms with Crippen molar-refractivity contribution in [1.29, 1.82) is 0 Å². The Morgan fingerprint density at radius 2 is 1.55 bits per heavy atom. The van der Waals surface area contributed by atoms with Crippen molar-refractivity contribution in [2.24, 2.45) is 0 Å². The molecule has 0 bridgehead atoms. The molecule has 0 atom stereocenters. The zero-order chi connectivity index (χ0) is 21.0. The number of rotatable bonds is 6. The maximum atomic E-state index is 12.4. The van der Waals surface area contributed by atoms with Crippen LogP contribution in [0, 0.1) is 13.8 Å². The van der Waals surface area contributed by atoms with Crippen LogP contribution in [-0.2, 0) is 22.4 Å². The molecule has 150 valence electrons. The number of ether oxygens (including phenoxy) is 1. The van der Waals surface area contributed by atoms with Crippen LogP contribution >= 0.6 is 0 Å². The smallest absolute Gasteiger partial charge is 0.338 e. The molecule has 0 radical (unpaired) electrons. The van der Waals surface area contributed by atoms with Gasteiger partial charge in [0.15, 0.2) is 6.61 Å². The summed E-state index contributed by atoms with van der Waals surface area (Å²) in [5.41, 5.74) is 6.26. The highest BCUT2D eigenvalue weighted by Crippen LogP contribution is 2.22. The second-order valence-electron chi connectivity index (χ2n) is 6.88. The van der Waals surface area contributed by atoms with Crippen molar-refractivity contribution in [2.75, 3.05) is 11.9 Å². The lowest BCUT2D eigenvalue weighted by Crippen LogP contribution is -2.22. The van der Waals surface area contributed by atoms with E-state index in [-0.39, 0.29) is 12.5 Å². The first-order chi connectivity index (χ1) is 13.9. The Morgan fingerprint density at radius 1 is 0.931 bits per heavy atom. The third-order valence-electron chi connectivity index (χ3n) is 4.91. The SMILES string of the molecule is CCc1cccc(CC)c1NC(=O)COC(=O)c1ccc2nc(C)c(C)nc2c1. The van der Waals surface area contributed by atoms with Gasteiger partial charge in [0.25, 0.3) is 5.91 Å². The van der Waals surface area contributed by atoms with E-state index in [1.54, 1.807) is 18.2 Å². The number of hydrogen-bond acceptors (Lipinski definition) is 5. The third-order valence-corrected chi connectivity index (χ3v) is 4.91. The highest BCUT2D eigenvalue weighted by Gasteiger charge is 2.14. The number of fused-ring (bicyclic) bond motifs is 1. The Kier molecular flexibility index (Phi) is 6.22. The summed E-state index contributed by atoms with van der Waals surface area (Å²) >= 11 is 0. The summed E-state index contributed by atoms with van der Waals surface area (Å²) in [5, 5.41) is 2.89. The van der Waals surface area contributed by atoms with Crippen LogP contribution in [-0.4, -0.2) is 28.5 Å². The number of hydrogen-bond donors (Lipinski definition) is 1. The summed E-state index contributed by atoms with van der Waals surface area (Å²) in [5.74, 6) is -0.928. The molecule has 0 unspecified atom stereocenters. The van der Waals surface area contributed by atoms with Gasteiger partial charge in [-0.15, -0.1) is 0 Å². The number of nitrogens with one attached hydrogen (secondary N) is 1. The minimum atomic E-state index is -0.568. The minimum Gasteiger partial charge on any atom is -0.452 e. The van der Waals surface area contributed by atoms with Crippen LogP contribution in [0.5, 0.6) is 0 Å². The summed E-state index contributed by atoms with van der Waals surface area (Å²) < 4.78 is 5.21. The number of esters is 1. The Labute approximate surface area is 170 Å². The van der Waals surface area contributed by atoms with Crippen LogP contribution in [0.25, 0.3) is 11.0 Å². The minimum absolute atomic E-state index is 0.339. The van der Waals surface area contributed by atoms with Crippen molar-refractivity contribution in [2.45, 2.75) is 40.5 Å². The van der Waals surface area contributed by atoms with Gasteiger partial charge in [-0.2, -0.15) is 0 Å². The summed E-state index contributed by atoms with van der Waals surface area (Å²) in [6.07, 6.45) is 1.61. The summed E-state index contributed by atoms with van der Waals surface area (Å²) in [7, 11) is 0. The molecule has 29 heavy (non-hydrogen) atoms. The van der Waals surface area contributed by atoms with Crippen LogP contribution in [0.4, 0.5) is 5.69 Å². The van der Waals surface area contributed by atoms with Gasteiger partial charge in [0.1, 0.15) is 0 Å². The number of para-hydroxylation sites is 1. The molecule has 0 aliphatic heterocycles. The first-order valence-corrected chi connectivity index (χ1v) is 9.75. The number of benzene rings is 2. The van der Waals surface area contributed by atoms with Crippen molar-refractivity contribution in [3.8, 4) is 0 Å². The van der Waals surface area contributed by atoms with Crippen LogP contribution in [0.2, 0.25) is 0 Å². The molecule has 0 aliphatic rings. The predicted molar refractivity (Wildman–Crippen MR) is 113 cm³/mol.